The Morgan fingerprint density at radius 2 is 1.24 bits per heavy atom. The Bertz CT molecular complexity index is 1250. The molecule has 0 nitrogen and oxygen atoms in total. The summed E-state index contributed by atoms with van der Waals surface area (Å²) < 4.78 is 0. The van der Waals surface area contributed by atoms with Crippen molar-refractivity contribution >= 4 is 10.8 Å². The van der Waals surface area contributed by atoms with Gasteiger partial charge in [-0.15, -0.1) is 0 Å². The van der Waals surface area contributed by atoms with E-state index in [0.29, 0.717) is 0 Å². The van der Waals surface area contributed by atoms with Crippen LogP contribution in [0.3, 0.4) is 0 Å². The summed E-state index contributed by atoms with van der Waals surface area (Å²) in [6.07, 6.45) is 0. The summed E-state index contributed by atoms with van der Waals surface area (Å²) >= 11 is 0. The van der Waals surface area contributed by atoms with Gasteiger partial charge in [-0.2, -0.15) is 0 Å². The first-order valence-electron chi connectivity index (χ1n) is 10.5. The zero-order chi connectivity index (χ0) is 20.4. The van der Waals surface area contributed by atoms with Crippen molar-refractivity contribution in [3.8, 4) is 22.3 Å². The molecule has 0 fully saturated rings. The van der Waals surface area contributed by atoms with E-state index < -0.39 is 0 Å². The van der Waals surface area contributed by atoms with Crippen LogP contribution in [0.5, 0.6) is 0 Å². The van der Waals surface area contributed by atoms with Gasteiger partial charge in [-0.25, -0.2) is 0 Å². The highest BCUT2D eigenvalue weighted by Gasteiger charge is 2.35. The summed E-state index contributed by atoms with van der Waals surface area (Å²) in [5, 5.41) is 2.62. The fourth-order valence-corrected chi connectivity index (χ4v) is 4.78. The Kier molecular flexibility index (Phi) is 3.80. The highest BCUT2D eigenvalue weighted by atomic mass is 14.4. The van der Waals surface area contributed by atoms with Crippen molar-refractivity contribution in [3.63, 3.8) is 0 Å². The predicted octanol–water partition coefficient (Wildman–Crippen LogP) is 8.11. The molecular weight excluding hydrogens is 348 g/mol. The summed E-state index contributed by atoms with van der Waals surface area (Å²) in [5.41, 5.74) is 9.79. The van der Waals surface area contributed by atoms with Crippen LogP contribution in [-0.2, 0) is 10.8 Å². The Morgan fingerprint density at radius 1 is 0.586 bits per heavy atom. The maximum absolute atomic E-state index is 2.41. The van der Waals surface area contributed by atoms with Gasteiger partial charge in [0.15, 0.2) is 0 Å². The van der Waals surface area contributed by atoms with Crippen LogP contribution in [0.1, 0.15) is 51.3 Å². The minimum atomic E-state index is 0.0399. The largest absolute Gasteiger partial charge is 0.0619 e. The molecule has 144 valence electrons. The smallest absolute Gasteiger partial charge is 0.0159 e. The van der Waals surface area contributed by atoms with Gasteiger partial charge in [-0.1, -0.05) is 101 Å². The lowest BCUT2D eigenvalue weighted by Gasteiger charge is -2.22. The second-order valence-corrected chi connectivity index (χ2v) is 9.96. The number of hydrogen-bond acceptors (Lipinski definition) is 0. The van der Waals surface area contributed by atoms with Crippen molar-refractivity contribution in [2.45, 2.75) is 45.4 Å². The molecule has 0 N–H and O–H groups in total. The molecule has 0 radical (unpaired) electrons. The summed E-state index contributed by atoms with van der Waals surface area (Å²) in [6.45, 7) is 11.5. The fraction of sp³-hybridized carbons (Fsp3) is 0.241. The van der Waals surface area contributed by atoms with Crippen LogP contribution in [-0.4, -0.2) is 0 Å². The van der Waals surface area contributed by atoms with Crippen molar-refractivity contribution in [2.24, 2.45) is 0 Å². The van der Waals surface area contributed by atoms with E-state index in [4.69, 9.17) is 0 Å². The zero-order valence-electron chi connectivity index (χ0n) is 18.0. The average Bonchev–Trinajstić information content (AvgIpc) is 2.94. The second kappa shape index (κ2) is 6.07. The lowest BCUT2D eigenvalue weighted by atomic mass is 9.81. The van der Waals surface area contributed by atoms with E-state index in [1.165, 1.54) is 49.7 Å². The minimum absolute atomic E-state index is 0.0399. The molecule has 0 unspecified atom stereocenters. The van der Waals surface area contributed by atoms with Crippen molar-refractivity contribution in [1.29, 1.82) is 0 Å². The molecule has 0 aliphatic heterocycles. The molecule has 1 aliphatic carbocycles. The molecule has 0 atom stereocenters. The van der Waals surface area contributed by atoms with E-state index in [-0.39, 0.29) is 10.8 Å². The molecule has 0 saturated carbocycles. The monoisotopic (exact) mass is 376 g/mol. The highest BCUT2D eigenvalue weighted by molar-refractivity contribution is 5.89. The third kappa shape index (κ3) is 2.82. The molecule has 0 heterocycles. The van der Waals surface area contributed by atoms with Gasteiger partial charge >= 0.3 is 0 Å². The molecule has 5 rings (SSSR count). The van der Waals surface area contributed by atoms with Crippen molar-refractivity contribution in [3.05, 3.63) is 95.6 Å². The topological polar surface area (TPSA) is 0 Å². The van der Waals surface area contributed by atoms with Crippen LogP contribution < -0.4 is 0 Å². The van der Waals surface area contributed by atoms with E-state index in [9.17, 15) is 0 Å². The molecule has 0 bridgehead atoms. The van der Waals surface area contributed by atoms with Crippen LogP contribution in [0, 0.1) is 0 Å². The fourth-order valence-electron chi connectivity index (χ4n) is 4.78. The third-order valence-corrected chi connectivity index (χ3v) is 6.62. The van der Waals surface area contributed by atoms with E-state index in [0.717, 1.165) is 0 Å². The van der Waals surface area contributed by atoms with E-state index in [2.05, 4.69) is 113 Å². The van der Waals surface area contributed by atoms with Gasteiger partial charge in [0, 0.05) is 5.41 Å². The Labute approximate surface area is 174 Å². The van der Waals surface area contributed by atoms with Gasteiger partial charge in [0.2, 0.25) is 0 Å². The third-order valence-electron chi connectivity index (χ3n) is 6.62. The number of rotatable bonds is 1. The first-order chi connectivity index (χ1) is 13.7. The summed E-state index contributed by atoms with van der Waals surface area (Å²) in [7, 11) is 0. The average molecular weight is 377 g/mol. The molecule has 0 saturated heterocycles. The number of benzene rings is 4. The maximum atomic E-state index is 2.41. The molecule has 4 aromatic carbocycles. The second-order valence-electron chi connectivity index (χ2n) is 9.96. The van der Waals surface area contributed by atoms with Crippen molar-refractivity contribution < 1.29 is 0 Å². The zero-order valence-corrected chi connectivity index (χ0v) is 18.0. The van der Waals surface area contributed by atoms with Gasteiger partial charge in [0.1, 0.15) is 0 Å². The molecule has 1 aliphatic rings. The normalized spacial score (nSPS) is 14.7. The van der Waals surface area contributed by atoms with Gasteiger partial charge in [0.25, 0.3) is 0 Å². The molecule has 4 aromatic rings. The molecule has 0 aromatic heterocycles. The Morgan fingerprint density at radius 3 is 2.03 bits per heavy atom. The Hall–Kier alpha value is -2.86. The molecule has 29 heavy (non-hydrogen) atoms. The van der Waals surface area contributed by atoms with Gasteiger partial charge < -0.3 is 0 Å². The molecule has 0 amide bonds. The SMILES string of the molecule is CC(C)(C)c1ccc2ccc(-c3ccc4c(c3)C(C)(C)c3ccccc3-4)cc2c1. The molecule has 0 heteroatoms. The highest BCUT2D eigenvalue weighted by Crippen LogP contribution is 2.49. The van der Waals surface area contributed by atoms with Crippen LogP contribution >= 0.6 is 0 Å². The quantitative estimate of drug-likeness (QED) is 0.315. The predicted molar refractivity (Wildman–Crippen MR) is 126 cm³/mol. The standard InChI is InChI=1S/C29H28/c1-28(2,3)23-14-12-19-10-11-20(16-22(19)17-23)21-13-15-25-24-8-6-7-9-26(24)29(4,5)27(25)18-21/h6-18H,1-5H3. The lowest BCUT2D eigenvalue weighted by Crippen LogP contribution is -2.14. The van der Waals surface area contributed by atoms with Gasteiger partial charge in [-0.3, -0.25) is 0 Å². The Balaban J connectivity index is 1.64. The van der Waals surface area contributed by atoms with Crippen LogP contribution in [0.4, 0.5) is 0 Å². The molecule has 0 spiro atoms. The lowest BCUT2D eigenvalue weighted by molar-refractivity contribution is 0.591. The summed E-state index contributed by atoms with van der Waals surface area (Å²) in [4.78, 5) is 0. The van der Waals surface area contributed by atoms with Crippen molar-refractivity contribution in [1.82, 2.24) is 0 Å². The first kappa shape index (κ1) is 18.2. The summed E-state index contributed by atoms with van der Waals surface area (Å²) in [6, 6.07) is 29.6. The van der Waals surface area contributed by atoms with Gasteiger partial charge in [0.05, 0.1) is 0 Å². The van der Waals surface area contributed by atoms with Crippen LogP contribution in [0.15, 0.2) is 78.9 Å². The van der Waals surface area contributed by atoms with E-state index in [1.807, 2.05) is 0 Å². The van der Waals surface area contributed by atoms with Crippen LogP contribution in [0.2, 0.25) is 0 Å². The maximum Gasteiger partial charge on any atom is 0.0159 e. The number of hydrogen-bond donors (Lipinski definition) is 0. The van der Waals surface area contributed by atoms with Gasteiger partial charge in [-0.05, 0) is 67.3 Å². The van der Waals surface area contributed by atoms with E-state index in [1.54, 1.807) is 0 Å². The van der Waals surface area contributed by atoms with Crippen LogP contribution in [0.25, 0.3) is 33.0 Å². The van der Waals surface area contributed by atoms with E-state index >= 15 is 0 Å². The number of fused-ring (bicyclic) bond motifs is 4. The van der Waals surface area contributed by atoms with Crippen molar-refractivity contribution in [2.75, 3.05) is 0 Å². The minimum Gasteiger partial charge on any atom is -0.0619 e. The summed E-state index contributed by atoms with van der Waals surface area (Å²) in [5.74, 6) is 0. The first-order valence-corrected chi connectivity index (χ1v) is 10.5. The molecular formula is C29H28.